The topological polar surface area (TPSA) is 75.2 Å². The van der Waals surface area contributed by atoms with Crippen LogP contribution in [0.15, 0.2) is 59.6 Å². The van der Waals surface area contributed by atoms with Crippen LogP contribution in [0.3, 0.4) is 0 Å². The van der Waals surface area contributed by atoms with Crippen LogP contribution in [-0.2, 0) is 4.79 Å². The monoisotopic (exact) mass is 540 g/mol. The van der Waals surface area contributed by atoms with E-state index in [9.17, 15) is 4.79 Å². The van der Waals surface area contributed by atoms with Gasteiger partial charge < -0.3 is 25.0 Å². The second-order valence-electron chi connectivity index (χ2n) is 7.19. The highest BCUT2D eigenvalue weighted by molar-refractivity contribution is 14.0. The number of nitrogens with one attached hydrogen (secondary N) is 2. The standard InChI is InChI=1S/C23H32N4O3.HI/c1-17(30-21-14-10-9-13-20(21)29-5)15-24-23(25-16-22(28)27(3)4)26-18(2)19-11-7-6-8-12-19;/h6-14,17-18H,15-16H2,1-5H3,(H2,24,25,26);1H. The Balaban J connectivity index is 0.00000480. The Kier molecular flexibility index (Phi) is 11.8. The van der Waals surface area contributed by atoms with Gasteiger partial charge in [0.25, 0.3) is 0 Å². The fourth-order valence-electron chi connectivity index (χ4n) is 2.69. The third-order valence-corrected chi connectivity index (χ3v) is 4.48. The van der Waals surface area contributed by atoms with Gasteiger partial charge in [0.05, 0.1) is 19.7 Å². The van der Waals surface area contributed by atoms with Gasteiger partial charge in [-0.05, 0) is 31.5 Å². The van der Waals surface area contributed by atoms with E-state index in [0.717, 1.165) is 5.56 Å². The van der Waals surface area contributed by atoms with Crippen molar-refractivity contribution >= 4 is 35.8 Å². The number of hydrogen-bond acceptors (Lipinski definition) is 4. The molecular weight excluding hydrogens is 507 g/mol. The molecule has 170 valence electrons. The first kappa shape index (κ1) is 26.5. The van der Waals surface area contributed by atoms with Gasteiger partial charge in [0.15, 0.2) is 17.5 Å². The number of halogens is 1. The van der Waals surface area contributed by atoms with Gasteiger partial charge in [0.2, 0.25) is 5.91 Å². The molecule has 0 aliphatic rings. The van der Waals surface area contributed by atoms with Crippen LogP contribution in [0.2, 0.25) is 0 Å². The number of likely N-dealkylation sites (N-methyl/N-ethyl adjacent to an activating group) is 1. The molecule has 2 aromatic rings. The predicted molar refractivity (Wildman–Crippen MR) is 135 cm³/mol. The van der Waals surface area contributed by atoms with Crippen LogP contribution in [0, 0.1) is 0 Å². The molecule has 0 fully saturated rings. The zero-order valence-corrected chi connectivity index (χ0v) is 21.1. The number of carbonyl (C=O) groups is 1. The van der Waals surface area contributed by atoms with E-state index in [0.29, 0.717) is 24.0 Å². The number of benzene rings is 2. The summed E-state index contributed by atoms with van der Waals surface area (Å²) in [5.74, 6) is 1.85. The molecule has 1 amide bonds. The zero-order valence-electron chi connectivity index (χ0n) is 18.8. The molecule has 0 saturated carbocycles. The summed E-state index contributed by atoms with van der Waals surface area (Å²) in [5, 5.41) is 6.63. The number of carbonyl (C=O) groups excluding carboxylic acids is 1. The van der Waals surface area contributed by atoms with Crippen molar-refractivity contribution in [2.75, 3.05) is 34.3 Å². The first-order valence-corrected chi connectivity index (χ1v) is 10.00. The fourth-order valence-corrected chi connectivity index (χ4v) is 2.69. The van der Waals surface area contributed by atoms with Crippen molar-refractivity contribution in [2.24, 2.45) is 4.99 Å². The van der Waals surface area contributed by atoms with E-state index in [4.69, 9.17) is 9.47 Å². The number of hydrogen-bond donors (Lipinski definition) is 2. The average molecular weight is 540 g/mol. The summed E-state index contributed by atoms with van der Waals surface area (Å²) >= 11 is 0. The summed E-state index contributed by atoms with van der Waals surface area (Å²) in [6.07, 6.45) is -0.148. The highest BCUT2D eigenvalue weighted by Crippen LogP contribution is 2.26. The molecule has 0 aliphatic heterocycles. The van der Waals surface area contributed by atoms with Crippen molar-refractivity contribution in [2.45, 2.75) is 26.0 Å². The number of nitrogens with zero attached hydrogens (tertiary/aromatic N) is 2. The highest BCUT2D eigenvalue weighted by atomic mass is 127. The van der Waals surface area contributed by atoms with Crippen molar-refractivity contribution in [3.8, 4) is 11.5 Å². The van der Waals surface area contributed by atoms with Gasteiger partial charge in [-0.25, -0.2) is 4.99 Å². The van der Waals surface area contributed by atoms with Gasteiger partial charge >= 0.3 is 0 Å². The number of amides is 1. The van der Waals surface area contributed by atoms with Crippen LogP contribution in [-0.4, -0.2) is 57.2 Å². The molecule has 0 radical (unpaired) electrons. The molecule has 2 atom stereocenters. The molecule has 2 unspecified atom stereocenters. The molecule has 0 heterocycles. The molecule has 0 saturated heterocycles. The largest absolute Gasteiger partial charge is 0.493 e. The summed E-state index contributed by atoms with van der Waals surface area (Å²) in [5.41, 5.74) is 1.13. The van der Waals surface area contributed by atoms with Crippen molar-refractivity contribution in [1.29, 1.82) is 0 Å². The number of methoxy groups -OCH3 is 1. The van der Waals surface area contributed by atoms with E-state index in [2.05, 4.69) is 22.5 Å². The minimum Gasteiger partial charge on any atom is -0.493 e. The van der Waals surface area contributed by atoms with E-state index in [1.165, 1.54) is 4.90 Å². The summed E-state index contributed by atoms with van der Waals surface area (Å²) < 4.78 is 11.3. The second-order valence-corrected chi connectivity index (χ2v) is 7.19. The Labute approximate surface area is 202 Å². The van der Waals surface area contributed by atoms with Gasteiger partial charge in [-0.2, -0.15) is 0 Å². The van der Waals surface area contributed by atoms with Crippen molar-refractivity contribution < 1.29 is 14.3 Å². The Morgan fingerprint density at radius 3 is 2.26 bits per heavy atom. The molecule has 2 rings (SSSR count). The molecule has 31 heavy (non-hydrogen) atoms. The number of ether oxygens (including phenoxy) is 2. The quantitative estimate of drug-likeness (QED) is 0.290. The number of aliphatic imine (C=N–C) groups is 1. The van der Waals surface area contributed by atoms with Gasteiger partial charge in [-0.3, -0.25) is 4.79 Å². The van der Waals surface area contributed by atoms with Crippen LogP contribution in [0.5, 0.6) is 11.5 Å². The second kappa shape index (κ2) is 13.7. The molecule has 0 aliphatic carbocycles. The summed E-state index contributed by atoms with van der Waals surface area (Å²) in [6, 6.07) is 17.6. The summed E-state index contributed by atoms with van der Waals surface area (Å²) in [6.45, 7) is 4.57. The smallest absolute Gasteiger partial charge is 0.243 e. The minimum absolute atomic E-state index is 0. The van der Waals surface area contributed by atoms with Gasteiger partial charge in [0, 0.05) is 14.1 Å². The third kappa shape index (κ3) is 9.04. The first-order valence-electron chi connectivity index (χ1n) is 10.00. The van der Waals surface area contributed by atoms with Crippen LogP contribution >= 0.6 is 24.0 Å². The lowest BCUT2D eigenvalue weighted by atomic mass is 10.1. The molecule has 0 spiro atoms. The molecule has 0 bridgehead atoms. The molecule has 0 aromatic heterocycles. The number of para-hydroxylation sites is 2. The first-order chi connectivity index (χ1) is 14.4. The average Bonchev–Trinajstić information content (AvgIpc) is 2.76. The van der Waals surface area contributed by atoms with E-state index in [1.54, 1.807) is 21.2 Å². The lowest BCUT2D eigenvalue weighted by molar-refractivity contribution is -0.127. The molecular formula is C23H33IN4O3. The van der Waals surface area contributed by atoms with Crippen LogP contribution < -0.4 is 20.1 Å². The van der Waals surface area contributed by atoms with Crippen LogP contribution in [0.25, 0.3) is 0 Å². The van der Waals surface area contributed by atoms with Crippen molar-refractivity contribution in [3.63, 3.8) is 0 Å². The maximum absolute atomic E-state index is 12.0. The fraction of sp³-hybridized carbons (Fsp3) is 0.391. The van der Waals surface area contributed by atoms with Gasteiger partial charge in [-0.15, -0.1) is 24.0 Å². The molecule has 2 N–H and O–H groups in total. The molecule has 7 nitrogen and oxygen atoms in total. The Bertz CT molecular complexity index is 831. The summed E-state index contributed by atoms with van der Waals surface area (Å²) in [4.78, 5) is 17.9. The normalized spacial score (nSPS) is 12.7. The number of guanidine groups is 1. The maximum Gasteiger partial charge on any atom is 0.243 e. The highest BCUT2D eigenvalue weighted by Gasteiger charge is 2.13. The Morgan fingerprint density at radius 1 is 1.03 bits per heavy atom. The van der Waals surface area contributed by atoms with Crippen LogP contribution in [0.4, 0.5) is 0 Å². The lowest BCUT2D eigenvalue weighted by Gasteiger charge is -2.22. The molecule has 2 aromatic carbocycles. The van der Waals surface area contributed by atoms with Gasteiger partial charge in [0.1, 0.15) is 12.6 Å². The Morgan fingerprint density at radius 2 is 1.65 bits per heavy atom. The SMILES string of the molecule is COc1ccccc1OC(C)CNC(=NCC(=O)N(C)C)NC(C)c1ccccc1.I. The maximum atomic E-state index is 12.0. The van der Waals surface area contributed by atoms with Crippen molar-refractivity contribution in [1.82, 2.24) is 15.5 Å². The van der Waals surface area contributed by atoms with E-state index < -0.39 is 0 Å². The van der Waals surface area contributed by atoms with E-state index in [1.807, 2.05) is 61.5 Å². The molecule has 8 heteroatoms. The van der Waals surface area contributed by atoms with Crippen molar-refractivity contribution in [3.05, 3.63) is 60.2 Å². The van der Waals surface area contributed by atoms with E-state index >= 15 is 0 Å². The summed E-state index contributed by atoms with van der Waals surface area (Å²) in [7, 11) is 5.05. The minimum atomic E-state index is -0.148. The number of rotatable bonds is 9. The van der Waals surface area contributed by atoms with E-state index in [-0.39, 0.29) is 48.6 Å². The third-order valence-electron chi connectivity index (χ3n) is 4.48. The predicted octanol–water partition coefficient (Wildman–Crippen LogP) is 3.47. The van der Waals surface area contributed by atoms with Gasteiger partial charge in [-0.1, -0.05) is 42.5 Å². The lowest BCUT2D eigenvalue weighted by Crippen LogP contribution is -2.43. The van der Waals surface area contributed by atoms with Crippen LogP contribution in [0.1, 0.15) is 25.5 Å². The Hall–Kier alpha value is -2.49. The zero-order chi connectivity index (χ0) is 21.9.